The highest BCUT2D eigenvalue weighted by Crippen LogP contribution is 2.63. The number of hydrogen-bond donors (Lipinski definition) is 2. The van der Waals surface area contributed by atoms with Crippen LogP contribution in [0.2, 0.25) is 0 Å². The molecule has 0 aromatic carbocycles. The van der Waals surface area contributed by atoms with Crippen LogP contribution < -0.4 is 0 Å². The SMILES string of the molecule is CC(C)[C@@]1(OO)C=C2C(=O)C[C@@H]3[C@](C)(CCC[C@@]3(C)C(=O)O)[C@H]2CC1. The highest BCUT2D eigenvalue weighted by molar-refractivity contribution is 5.98. The maximum atomic E-state index is 13.0. The van der Waals surface area contributed by atoms with Gasteiger partial charge in [0, 0.05) is 6.42 Å². The van der Waals surface area contributed by atoms with Gasteiger partial charge in [-0.1, -0.05) is 27.2 Å². The Labute approximate surface area is 149 Å². The second kappa shape index (κ2) is 5.92. The minimum atomic E-state index is -0.839. The van der Waals surface area contributed by atoms with Gasteiger partial charge in [-0.2, -0.15) is 0 Å². The van der Waals surface area contributed by atoms with E-state index < -0.39 is 17.0 Å². The number of ketones is 1. The van der Waals surface area contributed by atoms with Gasteiger partial charge in [0.2, 0.25) is 0 Å². The zero-order valence-electron chi connectivity index (χ0n) is 15.7. The summed E-state index contributed by atoms with van der Waals surface area (Å²) in [5.41, 5.74) is -1.09. The van der Waals surface area contributed by atoms with Gasteiger partial charge in [0.05, 0.1) is 5.41 Å². The molecule has 0 aliphatic heterocycles. The van der Waals surface area contributed by atoms with Crippen LogP contribution in [0.15, 0.2) is 11.6 Å². The summed E-state index contributed by atoms with van der Waals surface area (Å²) in [7, 11) is 0. The van der Waals surface area contributed by atoms with Gasteiger partial charge in [-0.3, -0.25) is 14.8 Å². The van der Waals surface area contributed by atoms with E-state index in [0.717, 1.165) is 24.8 Å². The molecule has 140 valence electrons. The number of Topliss-reactive ketones (excluding diaryl/α,β-unsaturated/α-hetero) is 1. The number of carbonyl (C=O) groups excluding carboxylic acids is 1. The number of hydrogen-bond acceptors (Lipinski definition) is 4. The topological polar surface area (TPSA) is 83.8 Å². The lowest BCUT2D eigenvalue weighted by atomic mass is 9.45. The molecule has 0 bridgehead atoms. The molecule has 3 rings (SSSR count). The summed E-state index contributed by atoms with van der Waals surface area (Å²) >= 11 is 0. The molecule has 0 spiro atoms. The maximum absolute atomic E-state index is 13.0. The third-order valence-electron chi connectivity index (χ3n) is 7.72. The summed E-state index contributed by atoms with van der Waals surface area (Å²) in [6.45, 7) is 7.95. The number of aliphatic carboxylic acids is 1. The van der Waals surface area contributed by atoms with Gasteiger partial charge in [0.15, 0.2) is 5.78 Å². The molecule has 2 fully saturated rings. The lowest BCUT2D eigenvalue weighted by Crippen LogP contribution is -2.57. The van der Waals surface area contributed by atoms with Gasteiger partial charge in [-0.25, -0.2) is 4.89 Å². The molecule has 2 saturated carbocycles. The van der Waals surface area contributed by atoms with E-state index in [2.05, 4.69) is 6.92 Å². The van der Waals surface area contributed by atoms with Crippen LogP contribution in [0.25, 0.3) is 0 Å². The Hall–Kier alpha value is -1.20. The van der Waals surface area contributed by atoms with Crippen molar-refractivity contribution >= 4 is 11.8 Å². The minimum absolute atomic E-state index is 0.0311. The van der Waals surface area contributed by atoms with E-state index in [4.69, 9.17) is 4.89 Å². The van der Waals surface area contributed by atoms with E-state index in [1.54, 1.807) is 0 Å². The Bertz CT molecular complexity index is 624. The van der Waals surface area contributed by atoms with Crippen LogP contribution in [0, 0.1) is 28.6 Å². The molecule has 0 saturated heterocycles. The van der Waals surface area contributed by atoms with Gasteiger partial charge in [-0.15, -0.1) is 0 Å². The van der Waals surface area contributed by atoms with Gasteiger partial charge in [0.1, 0.15) is 5.60 Å². The smallest absolute Gasteiger partial charge is 0.309 e. The molecule has 3 aliphatic rings. The predicted molar refractivity (Wildman–Crippen MR) is 92.9 cm³/mol. The first kappa shape index (κ1) is 18.6. The summed E-state index contributed by atoms with van der Waals surface area (Å²) in [4.78, 5) is 29.8. The molecule has 5 nitrogen and oxygen atoms in total. The van der Waals surface area contributed by atoms with Crippen LogP contribution in [-0.4, -0.2) is 27.7 Å². The Morgan fingerprint density at radius 2 is 1.96 bits per heavy atom. The average molecular weight is 350 g/mol. The third-order valence-corrected chi connectivity index (χ3v) is 7.72. The Balaban J connectivity index is 2.06. The fraction of sp³-hybridized carbons (Fsp3) is 0.800. The highest BCUT2D eigenvalue weighted by atomic mass is 17.1. The van der Waals surface area contributed by atoms with Crippen LogP contribution >= 0.6 is 0 Å². The third kappa shape index (κ3) is 2.50. The largest absolute Gasteiger partial charge is 0.481 e. The fourth-order valence-electron chi connectivity index (χ4n) is 5.90. The quantitative estimate of drug-likeness (QED) is 0.592. The molecule has 5 atom stereocenters. The van der Waals surface area contributed by atoms with Crippen molar-refractivity contribution in [2.75, 3.05) is 0 Å². The van der Waals surface area contributed by atoms with Crippen LogP contribution in [0.1, 0.15) is 66.2 Å². The molecule has 0 aromatic rings. The number of carboxylic acid groups (broad SMARTS) is 1. The van der Waals surface area contributed by atoms with Gasteiger partial charge in [0.25, 0.3) is 0 Å². The molecular formula is C20H30O5. The first-order valence-electron chi connectivity index (χ1n) is 9.42. The molecule has 0 amide bonds. The second-order valence-electron chi connectivity index (χ2n) is 9.15. The molecule has 0 heterocycles. The van der Waals surface area contributed by atoms with E-state index in [9.17, 15) is 20.0 Å². The van der Waals surface area contributed by atoms with Crippen LogP contribution in [-0.2, 0) is 14.5 Å². The van der Waals surface area contributed by atoms with Gasteiger partial charge in [-0.05, 0) is 67.4 Å². The van der Waals surface area contributed by atoms with Crippen molar-refractivity contribution in [3.63, 3.8) is 0 Å². The zero-order valence-corrected chi connectivity index (χ0v) is 15.7. The number of rotatable bonds is 3. The van der Waals surface area contributed by atoms with Crippen molar-refractivity contribution in [3.8, 4) is 0 Å². The summed E-state index contributed by atoms with van der Waals surface area (Å²) in [6, 6.07) is 0. The number of carbonyl (C=O) groups is 2. The first-order chi connectivity index (χ1) is 11.6. The predicted octanol–water partition coefficient (Wildman–Crippen LogP) is 4.08. The number of allylic oxidation sites excluding steroid dienone is 1. The lowest BCUT2D eigenvalue weighted by Gasteiger charge is -2.58. The first-order valence-corrected chi connectivity index (χ1v) is 9.42. The van der Waals surface area contributed by atoms with E-state index in [-0.39, 0.29) is 35.4 Å². The molecule has 0 aromatic heterocycles. The Morgan fingerprint density at radius 3 is 2.52 bits per heavy atom. The van der Waals surface area contributed by atoms with Gasteiger partial charge >= 0.3 is 5.97 Å². The Kier molecular flexibility index (Phi) is 4.40. The summed E-state index contributed by atoms with van der Waals surface area (Å²) < 4.78 is 0. The van der Waals surface area contributed by atoms with Crippen molar-refractivity contribution in [2.45, 2.75) is 71.8 Å². The van der Waals surface area contributed by atoms with Crippen molar-refractivity contribution in [2.24, 2.45) is 28.6 Å². The van der Waals surface area contributed by atoms with Crippen molar-refractivity contribution in [1.82, 2.24) is 0 Å². The second-order valence-corrected chi connectivity index (χ2v) is 9.15. The zero-order chi connectivity index (χ0) is 18.6. The molecule has 2 N–H and O–H groups in total. The van der Waals surface area contributed by atoms with Crippen LogP contribution in [0.4, 0.5) is 0 Å². The molecule has 3 aliphatic carbocycles. The maximum Gasteiger partial charge on any atom is 0.309 e. The van der Waals surface area contributed by atoms with E-state index >= 15 is 0 Å². The van der Waals surface area contributed by atoms with Gasteiger partial charge < -0.3 is 5.11 Å². The fourth-order valence-corrected chi connectivity index (χ4v) is 5.90. The molecule has 0 unspecified atom stereocenters. The van der Waals surface area contributed by atoms with E-state index in [1.165, 1.54) is 0 Å². The Morgan fingerprint density at radius 1 is 1.28 bits per heavy atom. The van der Waals surface area contributed by atoms with Crippen molar-refractivity contribution < 1.29 is 24.8 Å². The van der Waals surface area contributed by atoms with Crippen molar-refractivity contribution in [3.05, 3.63) is 11.6 Å². The highest BCUT2D eigenvalue weighted by Gasteiger charge is 2.61. The minimum Gasteiger partial charge on any atom is -0.481 e. The summed E-state index contributed by atoms with van der Waals surface area (Å²) in [6.07, 6.45) is 5.98. The van der Waals surface area contributed by atoms with E-state index in [0.29, 0.717) is 12.8 Å². The average Bonchev–Trinajstić information content (AvgIpc) is 2.56. The monoisotopic (exact) mass is 350 g/mol. The standard InChI is InChI=1S/C20H30O5/c1-12(2)20(25-24)9-6-14-13(11-20)15(21)10-16-18(14,3)7-5-8-19(16,4)17(22)23/h11-12,14,16,24H,5-10H2,1-4H3,(H,22,23)/t14-,16+,18+,19+,20-/m0/s1. The lowest BCUT2D eigenvalue weighted by molar-refractivity contribution is -0.323. The van der Waals surface area contributed by atoms with Crippen LogP contribution in [0.5, 0.6) is 0 Å². The van der Waals surface area contributed by atoms with Crippen LogP contribution in [0.3, 0.4) is 0 Å². The normalized spacial score (nSPS) is 44.1. The molecular weight excluding hydrogens is 320 g/mol. The number of fused-ring (bicyclic) bond motifs is 3. The molecule has 0 radical (unpaired) electrons. The summed E-state index contributed by atoms with van der Waals surface area (Å²) in [5.74, 6) is -0.777. The molecule has 5 heteroatoms. The number of carboxylic acids is 1. The summed E-state index contributed by atoms with van der Waals surface area (Å²) in [5, 5.41) is 19.4. The molecule has 25 heavy (non-hydrogen) atoms. The van der Waals surface area contributed by atoms with Crippen molar-refractivity contribution in [1.29, 1.82) is 0 Å². The van der Waals surface area contributed by atoms with E-state index in [1.807, 2.05) is 26.8 Å².